The number of hydrogen-bond acceptors (Lipinski definition) is 4. The van der Waals surface area contributed by atoms with Crippen LogP contribution in [-0.4, -0.2) is 37.2 Å². The third-order valence-electron chi connectivity index (χ3n) is 5.62. The highest BCUT2D eigenvalue weighted by Gasteiger charge is 2.36. The van der Waals surface area contributed by atoms with Crippen LogP contribution in [0.5, 0.6) is 11.5 Å². The second kappa shape index (κ2) is 7.94. The average Bonchev–Trinajstić information content (AvgIpc) is 3.17. The fourth-order valence-corrected chi connectivity index (χ4v) is 4.00. The summed E-state index contributed by atoms with van der Waals surface area (Å²) in [5, 5.41) is 0. The monoisotopic (exact) mass is 406 g/mol. The van der Waals surface area contributed by atoms with Gasteiger partial charge in [-0.2, -0.15) is 0 Å². The molecule has 0 aliphatic carbocycles. The van der Waals surface area contributed by atoms with E-state index in [1.165, 1.54) is 0 Å². The Balaban J connectivity index is 1.46. The molecule has 0 bridgehead atoms. The Labute approximate surface area is 166 Å². The smallest absolute Gasteiger partial charge is 0.231 e. The predicted octanol–water partition coefficient (Wildman–Crippen LogP) is 2.97. The molecule has 2 aliphatic heterocycles. The first kappa shape index (κ1) is 19.6. The number of fused-ring (bicyclic) bond motifs is 1. The van der Waals surface area contributed by atoms with Crippen LogP contribution in [0.3, 0.4) is 0 Å². The van der Waals surface area contributed by atoms with E-state index in [0.29, 0.717) is 37.1 Å². The van der Waals surface area contributed by atoms with E-state index in [2.05, 4.69) is 0 Å². The van der Waals surface area contributed by atoms with E-state index < -0.39 is 23.4 Å². The van der Waals surface area contributed by atoms with E-state index in [1.54, 1.807) is 4.90 Å². The number of piperidine rings is 1. The Morgan fingerprint density at radius 3 is 2.59 bits per heavy atom. The first-order valence-electron chi connectivity index (χ1n) is 9.47. The molecular weight excluding hydrogens is 385 g/mol. The molecule has 1 fully saturated rings. The molecule has 0 spiro atoms. The molecule has 2 aromatic carbocycles. The number of nitrogens with two attached hydrogens (primary N) is 1. The van der Waals surface area contributed by atoms with Gasteiger partial charge in [-0.15, -0.1) is 0 Å². The minimum Gasteiger partial charge on any atom is -0.454 e. The number of carbonyl (C=O) groups excluding carboxylic acids is 1. The molecule has 2 aliphatic rings. The highest BCUT2D eigenvalue weighted by molar-refractivity contribution is 5.78. The number of ether oxygens (including phenoxy) is 2. The van der Waals surface area contributed by atoms with Crippen molar-refractivity contribution in [3.05, 3.63) is 58.9 Å². The molecule has 2 heterocycles. The zero-order valence-electron chi connectivity index (χ0n) is 15.7. The molecule has 0 radical (unpaired) electrons. The lowest BCUT2D eigenvalue weighted by molar-refractivity contribution is -0.135. The summed E-state index contributed by atoms with van der Waals surface area (Å²) in [5.41, 5.74) is 6.87. The summed E-state index contributed by atoms with van der Waals surface area (Å²) >= 11 is 0. The Morgan fingerprint density at radius 2 is 1.79 bits per heavy atom. The lowest BCUT2D eigenvalue weighted by atomic mass is 9.79. The number of hydrogen-bond donors (Lipinski definition) is 1. The van der Waals surface area contributed by atoms with Gasteiger partial charge in [0.15, 0.2) is 23.1 Å². The van der Waals surface area contributed by atoms with Gasteiger partial charge in [-0.25, -0.2) is 13.2 Å². The summed E-state index contributed by atoms with van der Waals surface area (Å²) in [7, 11) is 0. The van der Waals surface area contributed by atoms with E-state index in [0.717, 1.165) is 11.6 Å². The maximum atomic E-state index is 14.2. The van der Waals surface area contributed by atoms with Crippen LogP contribution < -0.4 is 15.2 Å². The number of likely N-dealkylation sites (tertiary alicyclic amines) is 1. The molecule has 2 atom stereocenters. The van der Waals surface area contributed by atoms with E-state index in [-0.39, 0.29) is 37.1 Å². The van der Waals surface area contributed by atoms with Crippen LogP contribution in [0.4, 0.5) is 13.2 Å². The van der Waals surface area contributed by atoms with Gasteiger partial charge in [-0.1, -0.05) is 6.07 Å². The highest BCUT2D eigenvalue weighted by atomic mass is 19.2. The molecule has 5 nitrogen and oxygen atoms in total. The summed E-state index contributed by atoms with van der Waals surface area (Å²) < 4.78 is 51.8. The molecule has 1 saturated heterocycles. The topological polar surface area (TPSA) is 64.8 Å². The van der Waals surface area contributed by atoms with Gasteiger partial charge in [-0.05, 0) is 48.2 Å². The van der Waals surface area contributed by atoms with Crippen LogP contribution in [0.15, 0.2) is 30.3 Å². The third-order valence-corrected chi connectivity index (χ3v) is 5.62. The largest absolute Gasteiger partial charge is 0.454 e. The van der Waals surface area contributed by atoms with Gasteiger partial charge in [0.25, 0.3) is 0 Å². The molecule has 29 heavy (non-hydrogen) atoms. The standard InChI is InChI=1S/C21H21F3N2O3/c22-16-8-18(24)17(23)6-15(16)14-7-21(27)26(10-13(14)9-25)4-3-12-1-2-19-20(5-12)29-11-28-19/h1-2,5-6,8,13-14H,3-4,7,9-11,25H2/t13-,14-/m0/s1. The van der Waals surface area contributed by atoms with Crippen molar-refractivity contribution in [2.24, 2.45) is 11.7 Å². The van der Waals surface area contributed by atoms with Crippen LogP contribution >= 0.6 is 0 Å². The average molecular weight is 406 g/mol. The molecule has 4 rings (SSSR count). The molecule has 0 saturated carbocycles. The number of rotatable bonds is 5. The van der Waals surface area contributed by atoms with Crippen LogP contribution in [0.1, 0.15) is 23.5 Å². The lowest BCUT2D eigenvalue weighted by Gasteiger charge is -2.38. The van der Waals surface area contributed by atoms with Gasteiger partial charge in [0.1, 0.15) is 5.82 Å². The van der Waals surface area contributed by atoms with Crippen molar-refractivity contribution in [1.29, 1.82) is 0 Å². The zero-order chi connectivity index (χ0) is 20.5. The Bertz CT molecular complexity index is 938. The van der Waals surface area contributed by atoms with Crippen LogP contribution in [-0.2, 0) is 11.2 Å². The van der Waals surface area contributed by atoms with Crippen LogP contribution in [0, 0.1) is 23.4 Å². The first-order valence-corrected chi connectivity index (χ1v) is 9.47. The molecule has 8 heteroatoms. The Morgan fingerprint density at radius 1 is 1.03 bits per heavy atom. The van der Waals surface area contributed by atoms with Gasteiger partial charge in [0, 0.05) is 31.5 Å². The fourth-order valence-electron chi connectivity index (χ4n) is 4.00. The Hall–Kier alpha value is -2.74. The molecule has 0 aromatic heterocycles. The van der Waals surface area contributed by atoms with Crippen molar-refractivity contribution in [2.45, 2.75) is 18.8 Å². The van der Waals surface area contributed by atoms with Gasteiger partial charge in [-0.3, -0.25) is 4.79 Å². The van der Waals surface area contributed by atoms with Gasteiger partial charge in [0.2, 0.25) is 12.7 Å². The summed E-state index contributed by atoms with van der Waals surface area (Å²) in [6.45, 7) is 1.21. The van der Waals surface area contributed by atoms with Crippen molar-refractivity contribution in [3.63, 3.8) is 0 Å². The first-order chi connectivity index (χ1) is 14.0. The van der Waals surface area contributed by atoms with Crippen molar-refractivity contribution >= 4 is 5.91 Å². The van der Waals surface area contributed by atoms with Crippen LogP contribution in [0.25, 0.3) is 0 Å². The summed E-state index contributed by atoms with van der Waals surface area (Å²) in [5.74, 6) is -2.84. The predicted molar refractivity (Wildman–Crippen MR) is 99.1 cm³/mol. The molecule has 0 unspecified atom stereocenters. The molecule has 1 amide bonds. The minimum atomic E-state index is -1.25. The van der Waals surface area contributed by atoms with E-state index in [4.69, 9.17) is 15.2 Å². The number of halogens is 3. The van der Waals surface area contributed by atoms with Gasteiger partial charge >= 0.3 is 0 Å². The molecule has 154 valence electrons. The zero-order valence-corrected chi connectivity index (χ0v) is 15.7. The van der Waals surface area contributed by atoms with Crippen LogP contribution in [0.2, 0.25) is 0 Å². The van der Waals surface area contributed by atoms with Crippen molar-refractivity contribution in [2.75, 3.05) is 26.4 Å². The van der Waals surface area contributed by atoms with E-state index in [9.17, 15) is 18.0 Å². The molecular formula is C21H21F3N2O3. The van der Waals surface area contributed by atoms with Crippen molar-refractivity contribution in [3.8, 4) is 11.5 Å². The second-order valence-corrected chi connectivity index (χ2v) is 7.37. The SMILES string of the molecule is NC[C@H]1CN(CCc2ccc3c(c2)OCO3)C(=O)C[C@@H]1c1cc(F)c(F)cc1F. The Kier molecular flexibility index (Phi) is 5.36. The quantitative estimate of drug-likeness (QED) is 0.776. The summed E-state index contributed by atoms with van der Waals surface area (Å²) in [6, 6.07) is 7.00. The second-order valence-electron chi connectivity index (χ2n) is 7.37. The third kappa shape index (κ3) is 3.89. The van der Waals surface area contributed by atoms with Gasteiger partial charge in [0.05, 0.1) is 0 Å². The normalized spacial score (nSPS) is 21.0. The molecule has 2 aromatic rings. The number of carbonyl (C=O) groups is 1. The fraction of sp³-hybridized carbons (Fsp3) is 0.381. The van der Waals surface area contributed by atoms with E-state index >= 15 is 0 Å². The maximum Gasteiger partial charge on any atom is 0.231 e. The molecule has 2 N–H and O–H groups in total. The minimum absolute atomic E-state index is 0.00289. The summed E-state index contributed by atoms with van der Waals surface area (Å²) in [6.07, 6.45) is 0.620. The number of nitrogens with zero attached hydrogens (tertiary/aromatic N) is 1. The maximum absolute atomic E-state index is 14.2. The lowest BCUT2D eigenvalue weighted by Crippen LogP contribution is -2.46. The summed E-state index contributed by atoms with van der Waals surface area (Å²) in [4.78, 5) is 14.4. The van der Waals surface area contributed by atoms with Gasteiger partial charge < -0.3 is 20.1 Å². The highest BCUT2D eigenvalue weighted by Crippen LogP contribution is 2.36. The van der Waals surface area contributed by atoms with Crippen molar-refractivity contribution < 1.29 is 27.4 Å². The number of amides is 1. The number of benzene rings is 2. The van der Waals surface area contributed by atoms with E-state index in [1.807, 2.05) is 18.2 Å². The van der Waals surface area contributed by atoms with Crippen molar-refractivity contribution in [1.82, 2.24) is 4.90 Å².